The minimum absolute atomic E-state index is 0. The van der Waals surface area contributed by atoms with E-state index >= 15 is 0 Å². The van der Waals surface area contributed by atoms with Gasteiger partial charge in [0.25, 0.3) is 0 Å². The Morgan fingerprint density at radius 3 is 2.96 bits per heavy atom. The minimum atomic E-state index is 0. The lowest BCUT2D eigenvalue weighted by Crippen LogP contribution is -2.48. The molecule has 3 rings (SSSR count). The van der Waals surface area contributed by atoms with E-state index in [0.29, 0.717) is 12.0 Å². The van der Waals surface area contributed by atoms with Gasteiger partial charge in [-0.1, -0.05) is 41.4 Å². The molecule has 28 heavy (non-hydrogen) atoms. The SMILES string of the molecule is CCC(CNC(=NC)NC1CCc2nc(C)nn2C1)Cc1cccc(Br)c1.I. The summed E-state index contributed by atoms with van der Waals surface area (Å²) in [7, 11) is 1.83. The second-order valence-electron chi connectivity index (χ2n) is 7.20. The van der Waals surface area contributed by atoms with Gasteiger partial charge in [-0.15, -0.1) is 24.0 Å². The fraction of sp³-hybridized carbons (Fsp3) is 0.550. The molecule has 8 heteroatoms. The quantitative estimate of drug-likeness (QED) is 0.321. The Bertz CT molecular complexity index is 791. The molecule has 0 amide bonds. The summed E-state index contributed by atoms with van der Waals surface area (Å²) in [5, 5.41) is 11.5. The molecular formula is C20H30BrIN6. The van der Waals surface area contributed by atoms with Crippen molar-refractivity contribution in [3.8, 4) is 0 Å². The topological polar surface area (TPSA) is 67.1 Å². The summed E-state index contributed by atoms with van der Waals surface area (Å²) in [6.07, 6.45) is 4.19. The summed E-state index contributed by atoms with van der Waals surface area (Å²) in [4.78, 5) is 8.89. The number of nitrogens with one attached hydrogen (secondary N) is 2. The van der Waals surface area contributed by atoms with Crippen molar-refractivity contribution >= 4 is 45.9 Å². The number of benzene rings is 1. The van der Waals surface area contributed by atoms with Crippen molar-refractivity contribution in [3.05, 3.63) is 46.0 Å². The molecule has 1 aliphatic heterocycles. The maximum absolute atomic E-state index is 4.48. The van der Waals surface area contributed by atoms with Crippen LogP contribution in [0.3, 0.4) is 0 Å². The van der Waals surface area contributed by atoms with Gasteiger partial charge in [0.2, 0.25) is 0 Å². The number of fused-ring (bicyclic) bond motifs is 1. The number of rotatable bonds is 6. The third-order valence-corrected chi connectivity index (χ3v) is 5.57. The smallest absolute Gasteiger partial charge is 0.191 e. The summed E-state index contributed by atoms with van der Waals surface area (Å²) < 4.78 is 3.16. The van der Waals surface area contributed by atoms with Crippen LogP contribution in [0.2, 0.25) is 0 Å². The Morgan fingerprint density at radius 1 is 1.43 bits per heavy atom. The summed E-state index contributed by atoms with van der Waals surface area (Å²) in [6.45, 7) is 5.94. The number of nitrogens with zero attached hydrogens (tertiary/aromatic N) is 4. The fourth-order valence-corrected chi connectivity index (χ4v) is 3.99. The first-order chi connectivity index (χ1) is 13.1. The van der Waals surface area contributed by atoms with Crippen LogP contribution in [0.25, 0.3) is 0 Å². The summed E-state index contributed by atoms with van der Waals surface area (Å²) in [6, 6.07) is 8.90. The lowest BCUT2D eigenvalue weighted by molar-refractivity contribution is 0.390. The van der Waals surface area contributed by atoms with E-state index in [2.05, 4.69) is 72.8 Å². The third-order valence-electron chi connectivity index (χ3n) is 5.08. The van der Waals surface area contributed by atoms with Gasteiger partial charge in [0, 0.05) is 30.5 Å². The van der Waals surface area contributed by atoms with Crippen molar-refractivity contribution in [2.24, 2.45) is 10.9 Å². The number of aryl methyl sites for hydroxylation is 2. The van der Waals surface area contributed by atoms with Gasteiger partial charge in [0.05, 0.1) is 6.54 Å². The molecule has 2 aromatic rings. The number of halogens is 2. The first-order valence-corrected chi connectivity index (χ1v) is 10.5. The molecule has 6 nitrogen and oxygen atoms in total. The summed E-state index contributed by atoms with van der Waals surface area (Å²) in [5.41, 5.74) is 1.36. The molecule has 1 aliphatic rings. The van der Waals surface area contributed by atoms with Crippen molar-refractivity contribution < 1.29 is 0 Å². The Balaban J connectivity index is 0.00000280. The van der Waals surface area contributed by atoms with Crippen LogP contribution in [0.4, 0.5) is 0 Å². The van der Waals surface area contributed by atoms with Crippen LogP contribution >= 0.6 is 39.9 Å². The van der Waals surface area contributed by atoms with E-state index in [4.69, 9.17) is 0 Å². The second kappa shape index (κ2) is 11.1. The van der Waals surface area contributed by atoms with E-state index in [9.17, 15) is 0 Å². The van der Waals surface area contributed by atoms with Gasteiger partial charge >= 0.3 is 0 Å². The van der Waals surface area contributed by atoms with Crippen LogP contribution in [0, 0.1) is 12.8 Å². The number of guanidine groups is 1. The summed E-state index contributed by atoms with van der Waals surface area (Å²) >= 11 is 3.56. The van der Waals surface area contributed by atoms with Crippen LogP contribution in [0.15, 0.2) is 33.7 Å². The molecule has 1 aromatic carbocycles. The number of hydrogen-bond donors (Lipinski definition) is 2. The van der Waals surface area contributed by atoms with Crippen molar-refractivity contribution in [2.45, 2.75) is 52.1 Å². The van der Waals surface area contributed by atoms with E-state index in [0.717, 1.165) is 60.9 Å². The summed E-state index contributed by atoms with van der Waals surface area (Å²) in [5.74, 6) is 3.38. The van der Waals surface area contributed by atoms with Gasteiger partial charge in [-0.25, -0.2) is 9.67 Å². The second-order valence-corrected chi connectivity index (χ2v) is 8.11. The Morgan fingerprint density at radius 2 is 2.25 bits per heavy atom. The highest BCUT2D eigenvalue weighted by atomic mass is 127. The molecule has 2 unspecified atom stereocenters. The average Bonchev–Trinajstić information content (AvgIpc) is 3.03. The molecular weight excluding hydrogens is 531 g/mol. The molecule has 0 radical (unpaired) electrons. The normalized spacial score (nSPS) is 17.4. The van der Waals surface area contributed by atoms with E-state index in [-0.39, 0.29) is 24.0 Å². The molecule has 2 heterocycles. The highest BCUT2D eigenvalue weighted by Crippen LogP contribution is 2.17. The van der Waals surface area contributed by atoms with Gasteiger partial charge in [-0.05, 0) is 43.4 Å². The first-order valence-electron chi connectivity index (χ1n) is 9.69. The standard InChI is InChI=1S/C20H29BrN6.HI/c1-4-15(10-16-6-5-7-17(21)11-16)12-23-20(22-3)25-18-8-9-19-24-14(2)26-27(19)13-18;/h5-7,11,15,18H,4,8-10,12-13H2,1-3H3,(H2,22,23,25);1H. The maximum atomic E-state index is 4.48. The van der Waals surface area contributed by atoms with Crippen molar-refractivity contribution in [2.75, 3.05) is 13.6 Å². The van der Waals surface area contributed by atoms with E-state index in [1.165, 1.54) is 5.56 Å². The molecule has 154 valence electrons. The Hall–Kier alpha value is -1.16. The molecule has 0 fully saturated rings. The number of aromatic nitrogens is 3. The Labute approximate surface area is 193 Å². The third kappa shape index (κ3) is 6.43. The highest BCUT2D eigenvalue weighted by Gasteiger charge is 2.21. The maximum Gasteiger partial charge on any atom is 0.191 e. The molecule has 1 aromatic heterocycles. The van der Waals surface area contributed by atoms with Crippen LogP contribution < -0.4 is 10.6 Å². The lowest BCUT2D eigenvalue weighted by atomic mass is 9.97. The van der Waals surface area contributed by atoms with E-state index in [1.807, 2.05) is 18.7 Å². The van der Waals surface area contributed by atoms with Gasteiger partial charge < -0.3 is 10.6 Å². The number of aliphatic imine (C=N–C) groups is 1. The van der Waals surface area contributed by atoms with Gasteiger partial charge in [0.1, 0.15) is 11.6 Å². The van der Waals surface area contributed by atoms with Gasteiger partial charge in [-0.3, -0.25) is 4.99 Å². The van der Waals surface area contributed by atoms with Crippen molar-refractivity contribution in [1.29, 1.82) is 0 Å². The molecule has 0 bridgehead atoms. The van der Waals surface area contributed by atoms with Crippen LogP contribution in [0.1, 0.15) is 37.0 Å². The van der Waals surface area contributed by atoms with Crippen LogP contribution in [0.5, 0.6) is 0 Å². The molecule has 0 saturated carbocycles. The molecule has 0 spiro atoms. The zero-order valence-corrected chi connectivity index (χ0v) is 20.7. The molecule has 2 atom stereocenters. The van der Waals surface area contributed by atoms with E-state index < -0.39 is 0 Å². The van der Waals surface area contributed by atoms with Gasteiger partial charge in [-0.2, -0.15) is 5.10 Å². The predicted molar refractivity (Wildman–Crippen MR) is 128 cm³/mol. The molecule has 2 N–H and O–H groups in total. The minimum Gasteiger partial charge on any atom is -0.356 e. The largest absolute Gasteiger partial charge is 0.356 e. The zero-order valence-electron chi connectivity index (χ0n) is 16.8. The lowest BCUT2D eigenvalue weighted by Gasteiger charge is -2.26. The zero-order chi connectivity index (χ0) is 19.2. The van der Waals surface area contributed by atoms with Crippen LogP contribution in [-0.4, -0.2) is 40.4 Å². The monoisotopic (exact) mass is 560 g/mol. The van der Waals surface area contributed by atoms with Crippen molar-refractivity contribution in [1.82, 2.24) is 25.4 Å². The fourth-order valence-electron chi connectivity index (χ4n) is 3.54. The molecule has 0 aliphatic carbocycles. The first kappa shape index (κ1) is 23.1. The highest BCUT2D eigenvalue weighted by molar-refractivity contribution is 14.0. The van der Waals surface area contributed by atoms with Crippen LogP contribution in [-0.2, 0) is 19.4 Å². The predicted octanol–water partition coefficient (Wildman–Crippen LogP) is 3.72. The van der Waals surface area contributed by atoms with Gasteiger partial charge in [0.15, 0.2) is 5.96 Å². The average molecular weight is 561 g/mol. The number of hydrogen-bond acceptors (Lipinski definition) is 3. The van der Waals surface area contributed by atoms with E-state index in [1.54, 1.807) is 0 Å². The van der Waals surface area contributed by atoms with Crippen molar-refractivity contribution in [3.63, 3.8) is 0 Å². The molecule has 0 saturated heterocycles. The Kier molecular flexibility index (Phi) is 9.20.